The molecule has 0 radical (unpaired) electrons. The Balaban J connectivity index is 2.02. The van der Waals surface area contributed by atoms with Gasteiger partial charge in [0, 0.05) is 30.6 Å². The number of aromatic nitrogens is 3. The average molecular weight is 340 g/mol. The summed E-state index contributed by atoms with van der Waals surface area (Å²) < 4.78 is 8.08. The number of aryl methyl sites for hydroxylation is 1. The molecule has 0 saturated carbocycles. The van der Waals surface area contributed by atoms with Crippen molar-refractivity contribution < 1.29 is 4.74 Å². The highest BCUT2D eigenvalue weighted by Crippen LogP contribution is 2.13. The maximum atomic E-state index is 12.5. The van der Waals surface area contributed by atoms with Crippen molar-refractivity contribution in [1.82, 2.24) is 14.2 Å². The number of hydrogen-bond donors (Lipinski definition) is 1. The van der Waals surface area contributed by atoms with Crippen LogP contribution in [0.2, 0.25) is 0 Å². The van der Waals surface area contributed by atoms with E-state index in [-0.39, 0.29) is 0 Å². The summed E-state index contributed by atoms with van der Waals surface area (Å²) in [7, 11) is 1.66. The summed E-state index contributed by atoms with van der Waals surface area (Å²) in [4.78, 5) is 27.3. The molecular formula is C18H20N4O3. The first-order valence-corrected chi connectivity index (χ1v) is 7.97. The molecule has 1 aromatic carbocycles. The maximum Gasteiger partial charge on any atom is 0.349 e. The van der Waals surface area contributed by atoms with Gasteiger partial charge in [0.25, 0.3) is 5.56 Å². The van der Waals surface area contributed by atoms with Crippen molar-refractivity contribution in [2.75, 3.05) is 13.7 Å². The normalized spacial score (nSPS) is 11.6. The lowest BCUT2D eigenvalue weighted by atomic mass is 10.2. The Kier molecular flexibility index (Phi) is 4.67. The molecule has 1 N–H and O–H groups in total. The van der Waals surface area contributed by atoms with Crippen molar-refractivity contribution >= 4 is 17.1 Å². The van der Waals surface area contributed by atoms with Crippen LogP contribution in [-0.2, 0) is 11.3 Å². The third kappa shape index (κ3) is 3.18. The van der Waals surface area contributed by atoms with Gasteiger partial charge >= 0.3 is 5.69 Å². The van der Waals surface area contributed by atoms with Crippen LogP contribution in [0.3, 0.4) is 0 Å². The van der Waals surface area contributed by atoms with Crippen LogP contribution in [-0.4, -0.2) is 34.2 Å². The standard InChI is InChI=1S/C18H20N4O3/c1-12-10-14(13(2)21(12)8-9-25-3)11-19-22-17(23)15-6-4-5-7-16(15)20-18(22)24/h4-7,10-11H,8-9H2,1-3H3,(H,20,24). The first-order valence-electron chi connectivity index (χ1n) is 7.97. The maximum absolute atomic E-state index is 12.5. The minimum absolute atomic E-state index is 0.421. The highest BCUT2D eigenvalue weighted by molar-refractivity contribution is 5.82. The second-order valence-corrected chi connectivity index (χ2v) is 5.81. The molecule has 25 heavy (non-hydrogen) atoms. The van der Waals surface area contributed by atoms with E-state index in [9.17, 15) is 9.59 Å². The summed E-state index contributed by atoms with van der Waals surface area (Å²) in [6, 6.07) is 8.83. The predicted molar refractivity (Wildman–Crippen MR) is 97.6 cm³/mol. The molecule has 7 heteroatoms. The van der Waals surface area contributed by atoms with E-state index in [2.05, 4.69) is 14.7 Å². The molecule has 0 unspecified atom stereocenters. The molecule has 0 saturated heterocycles. The lowest BCUT2D eigenvalue weighted by Crippen LogP contribution is -2.32. The van der Waals surface area contributed by atoms with Gasteiger partial charge in [0.15, 0.2) is 0 Å². The molecule has 0 aliphatic rings. The second-order valence-electron chi connectivity index (χ2n) is 5.81. The summed E-state index contributed by atoms with van der Waals surface area (Å²) in [5.74, 6) is 0. The largest absolute Gasteiger partial charge is 0.383 e. The third-order valence-electron chi connectivity index (χ3n) is 4.23. The number of para-hydroxylation sites is 1. The lowest BCUT2D eigenvalue weighted by Gasteiger charge is -2.08. The third-order valence-corrected chi connectivity index (χ3v) is 4.23. The lowest BCUT2D eigenvalue weighted by molar-refractivity contribution is 0.186. The van der Waals surface area contributed by atoms with Gasteiger partial charge in [0.05, 0.1) is 23.7 Å². The smallest absolute Gasteiger partial charge is 0.349 e. The van der Waals surface area contributed by atoms with Gasteiger partial charge in [-0.15, -0.1) is 4.68 Å². The zero-order valence-electron chi connectivity index (χ0n) is 14.4. The van der Waals surface area contributed by atoms with Gasteiger partial charge < -0.3 is 14.3 Å². The van der Waals surface area contributed by atoms with Crippen molar-refractivity contribution in [3.8, 4) is 0 Å². The number of H-pyrrole nitrogens is 1. The summed E-state index contributed by atoms with van der Waals surface area (Å²) in [5.41, 5.74) is 2.42. The van der Waals surface area contributed by atoms with Crippen LogP contribution in [0.5, 0.6) is 0 Å². The Morgan fingerprint density at radius 3 is 2.76 bits per heavy atom. The monoisotopic (exact) mass is 340 g/mol. The SMILES string of the molecule is COCCn1c(C)cc(C=Nn2c(=O)[nH]c3ccccc3c2=O)c1C. The first kappa shape index (κ1) is 16.9. The van der Waals surface area contributed by atoms with Gasteiger partial charge in [-0.1, -0.05) is 12.1 Å². The van der Waals surface area contributed by atoms with Crippen LogP contribution >= 0.6 is 0 Å². The molecule has 2 heterocycles. The van der Waals surface area contributed by atoms with E-state index >= 15 is 0 Å². The van der Waals surface area contributed by atoms with Gasteiger partial charge in [0.1, 0.15) is 0 Å². The molecule has 0 amide bonds. The number of nitrogens with zero attached hydrogens (tertiary/aromatic N) is 3. The van der Waals surface area contributed by atoms with E-state index < -0.39 is 11.2 Å². The Bertz CT molecular complexity index is 1060. The molecule has 0 fully saturated rings. The van der Waals surface area contributed by atoms with Crippen LogP contribution < -0.4 is 11.2 Å². The van der Waals surface area contributed by atoms with E-state index in [1.807, 2.05) is 19.9 Å². The Hall–Kier alpha value is -2.93. The number of ether oxygens (including phenoxy) is 1. The number of rotatable bonds is 5. The quantitative estimate of drug-likeness (QED) is 0.717. The molecule has 7 nitrogen and oxygen atoms in total. The van der Waals surface area contributed by atoms with Crippen molar-refractivity contribution in [2.24, 2.45) is 5.10 Å². The van der Waals surface area contributed by atoms with E-state index in [1.165, 1.54) is 6.21 Å². The zero-order chi connectivity index (χ0) is 18.0. The molecule has 0 bridgehead atoms. The van der Waals surface area contributed by atoms with E-state index in [0.717, 1.165) is 28.2 Å². The molecular weight excluding hydrogens is 320 g/mol. The fourth-order valence-corrected chi connectivity index (χ4v) is 2.86. The number of hydrogen-bond acceptors (Lipinski definition) is 4. The van der Waals surface area contributed by atoms with Gasteiger partial charge in [0.2, 0.25) is 0 Å². The van der Waals surface area contributed by atoms with Gasteiger partial charge in [-0.25, -0.2) is 4.79 Å². The highest BCUT2D eigenvalue weighted by Gasteiger charge is 2.09. The number of methoxy groups -OCH3 is 1. The van der Waals surface area contributed by atoms with Gasteiger partial charge in [-0.05, 0) is 32.0 Å². The minimum Gasteiger partial charge on any atom is -0.383 e. The highest BCUT2D eigenvalue weighted by atomic mass is 16.5. The van der Waals surface area contributed by atoms with Crippen molar-refractivity contribution in [3.63, 3.8) is 0 Å². The molecule has 0 spiro atoms. The van der Waals surface area contributed by atoms with Crippen molar-refractivity contribution in [2.45, 2.75) is 20.4 Å². The van der Waals surface area contributed by atoms with Crippen molar-refractivity contribution in [3.05, 3.63) is 68.1 Å². The fraction of sp³-hybridized carbons (Fsp3) is 0.278. The zero-order valence-corrected chi connectivity index (χ0v) is 14.4. The van der Waals surface area contributed by atoms with Crippen LogP contribution in [0.1, 0.15) is 17.0 Å². The summed E-state index contributed by atoms with van der Waals surface area (Å²) in [6.45, 7) is 5.31. The van der Waals surface area contributed by atoms with Crippen LogP contribution in [0.15, 0.2) is 45.0 Å². The molecule has 0 aliphatic carbocycles. The molecule has 3 aromatic rings. The topological polar surface area (TPSA) is 81.4 Å². The Morgan fingerprint density at radius 2 is 2.00 bits per heavy atom. The number of aromatic amines is 1. The van der Waals surface area contributed by atoms with E-state index in [1.54, 1.807) is 31.4 Å². The molecule has 0 atom stereocenters. The number of fused-ring (bicyclic) bond motifs is 1. The average Bonchev–Trinajstić information content (AvgIpc) is 2.86. The van der Waals surface area contributed by atoms with Crippen LogP contribution in [0.4, 0.5) is 0 Å². The summed E-state index contributed by atoms with van der Waals surface area (Å²) in [6.07, 6.45) is 1.54. The molecule has 0 aliphatic heterocycles. The van der Waals surface area contributed by atoms with E-state index in [4.69, 9.17) is 4.74 Å². The van der Waals surface area contributed by atoms with Crippen LogP contribution in [0, 0.1) is 13.8 Å². The van der Waals surface area contributed by atoms with Crippen molar-refractivity contribution in [1.29, 1.82) is 0 Å². The Labute approximate surface area is 144 Å². The summed E-state index contributed by atoms with van der Waals surface area (Å²) in [5, 5.41) is 4.53. The summed E-state index contributed by atoms with van der Waals surface area (Å²) >= 11 is 0. The Morgan fingerprint density at radius 1 is 1.24 bits per heavy atom. The fourth-order valence-electron chi connectivity index (χ4n) is 2.86. The predicted octanol–water partition coefficient (Wildman–Crippen LogP) is 1.64. The number of benzene rings is 1. The minimum atomic E-state index is -0.562. The van der Waals surface area contributed by atoms with Gasteiger partial charge in [-0.3, -0.25) is 4.79 Å². The molecule has 2 aromatic heterocycles. The molecule has 130 valence electrons. The first-order chi connectivity index (χ1) is 12.0. The second kappa shape index (κ2) is 6.90. The van der Waals surface area contributed by atoms with Gasteiger partial charge in [-0.2, -0.15) is 5.10 Å². The van der Waals surface area contributed by atoms with E-state index in [0.29, 0.717) is 17.5 Å². The van der Waals surface area contributed by atoms with Crippen LogP contribution in [0.25, 0.3) is 10.9 Å². The number of nitrogens with one attached hydrogen (secondary N) is 1. The molecule has 3 rings (SSSR count).